The summed E-state index contributed by atoms with van der Waals surface area (Å²) in [6, 6.07) is 15.0. The van der Waals surface area contributed by atoms with Crippen LogP contribution in [0.25, 0.3) is 11.0 Å². The summed E-state index contributed by atoms with van der Waals surface area (Å²) in [5.74, 6) is 0.460. The zero-order valence-electron chi connectivity index (χ0n) is 14.9. The summed E-state index contributed by atoms with van der Waals surface area (Å²) in [5, 5.41) is 0. The van der Waals surface area contributed by atoms with Gasteiger partial charge in [0.05, 0.1) is 11.0 Å². The number of carbonyl (C=O) groups excluding carboxylic acids is 1. The van der Waals surface area contributed by atoms with E-state index in [1.54, 1.807) is 11.9 Å². The standard InChI is InChI=1S/C18H20N4O.CH5N/c1-3-11-22-16-10-9-14(12-15(16)20-18(22)19)21(2)17(23)13-7-5-4-6-8-13;1-2/h4-10,12H,3,11H2,1-2H3,(H2,19,20);2H2,1H3. The van der Waals surface area contributed by atoms with E-state index in [9.17, 15) is 4.79 Å². The third-order valence-corrected chi connectivity index (χ3v) is 3.92. The number of carbonyl (C=O) groups is 1. The summed E-state index contributed by atoms with van der Waals surface area (Å²) in [6.45, 7) is 2.94. The zero-order chi connectivity index (χ0) is 18.4. The number of anilines is 2. The number of hydrogen-bond acceptors (Lipinski definition) is 4. The number of nitrogens with zero attached hydrogens (tertiary/aromatic N) is 3. The third-order valence-electron chi connectivity index (χ3n) is 3.92. The van der Waals surface area contributed by atoms with Gasteiger partial charge in [-0.25, -0.2) is 4.98 Å². The predicted octanol–water partition coefficient (Wildman–Crippen LogP) is 2.88. The van der Waals surface area contributed by atoms with Crippen LogP contribution in [0.2, 0.25) is 0 Å². The Morgan fingerprint density at radius 1 is 1.16 bits per heavy atom. The van der Waals surface area contributed by atoms with Crippen LogP contribution >= 0.6 is 0 Å². The molecule has 2 aromatic carbocycles. The van der Waals surface area contributed by atoms with Gasteiger partial charge in [-0.05, 0) is 43.8 Å². The van der Waals surface area contributed by atoms with Gasteiger partial charge in [-0.2, -0.15) is 0 Å². The molecule has 0 spiro atoms. The number of rotatable bonds is 4. The number of nitrogen functional groups attached to an aromatic ring is 1. The van der Waals surface area contributed by atoms with E-state index in [2.05, 4.69) is 17.6 Å². The first kappa shape index (κ1) is 18.5. The number of amides is 1. The molecule has 0 saturated carbocycles. The third kappa shape index (κ3) is 3.80. The fraction of sp³-hybridized carbons (Fsp3) is 0.263. The highest BCUT2D eigenvalue weighted by atomic mass is 16.2. The number of hydrogen-bond donors (Lipinski definition) is 2. The van der Waals surface area contributed by atoms with Gasteiger partial charge in [0.2, 0.25) is 5.95 Å². The topological polar surface area (TPSA) is 90.2 Å². The van der Waals surface area contributed by atoms with Gasteiger partial charge in [0.1, 0.15) is 0 Å². The fourth-order valence-corrected chi connectivity index (χ4v) is 2.70. The normalized spacial score (nSPS) is 10.2. The smallest absolute Gasteiger partial charge is 0.258 e. The van der Waals surface area contributed by atoms with E-state index in [-0.39, 0.29) is 5.91 Å². The Hall–Kier alpha value is -2.86. The van der Waals surface area contributed by atoms with Crippen molar-refractivity contribution in [2.24, 2.45) is 5.73 Å². The van der Waals surface area contributed by atoms with Gasteiger partial charge in [-0.1, -0.05) is 25.1 Å². The number of imidazole rings is 1. The average Bonchev–Trinajstić information content (AvgIpc) is 2.98. The van der Waals surface area contributed by atoms with Crippen molar-refractivity contribution in [2.45, 2.75) is 19.9 Å². The Bertz CT molecular complexity index is 842. The maximum absolute atomic E-state index is 12.5. The molecule has 0 fully saturated rings. The van der Waals surface area contributed by atoms with Gasteiger partial charge >= 0.3 is 0 Å². The predicted molar refractivity (Wildman–Crippen MR) is 104 cm³/mol. The molecular weight excluding hydrogens is 314 g/mol. The Labute approximate surface area is 148 Å². The zero-order valence-corrected chi connectivity index (χ0v) is 14.9. The number of benzene rings is 2. The van der Waals surface area contributed by atoms with E-state index in [1.807, 2.05) is 53.1 Å². The first-order valence-electron chi connectivity index (χ1n) is 8.28. The highest BCUT2D eigenvalue weighted by Gasteiger charge is 2.15. The largest absolute Gasteiger partial charge is 0.369 e. The molecule has 3 rings (SSSR count). The summed E-state index contributed by atoms with van der Waals surface area (Å²) in [6.07, 6.45) is 0.990. The van der Waals surface area contributed by atoms with E-state index in [4.69, 9.17) is 5.73 Å². The molecule has 0 saturated heterocycles. The van der Waals surface area contributed by atoms with Crippen molar-refractivity contribution >= 4 is 28.6 Å². The van der Waals surface area contributed by atoms with Gasteiger partial charge in [-0.3, -0.25) is 4.79 Å². The van der Waals surface area contributed by atoms with Crippen molar-refractivity contribution in [1.82, 2.24) is 9.55 Å². The van der Waals surface area contributed by atoms with Gasteiger partial charge in [0.15, 0.2) is 0 Å². The molecule has 6 nitrogen and oxygen atoms in total. The molecule has 0 bridgehead atoms. The molecule has 1 heterocycles. The molecule has 25 heavy (non-hydrogen) atoms. The van der Waals surface area contributed by atoms with Crippen LogP contribution in [-0.4, -0.2) is 29.6 Å². The summed E-state index contributed by atoms with van der Waals surface area (Å²) >= 11 is 0. The Balaban J connectivity index is 0.00000109. The maximum atomic E-state index is 12.5. The molecule has 0 aliphatic carbocycles. The molecule has 0 aliphatic rings. The number of fused-ring (bicyclic) bond motifs is 1. The minimum Gasteiger partial charge on any atom is -0.369 e. The van der Waals surface area contributed by atoms with Crippen LogP contribution in [0.4, 0.5) is 11.6 Å². The van der Waals surface area contributed by atoms with Crippen LogP contribution in [-0.2, 0) is 6.54 Å². The van der Waals surface area contributed by atoms with E-state index in [0.717, 1.165) is 29.7 Å². The van der Waals surface area contributed by atoms with Crippen LogP contribution < -0.4 is 16.4 Å². The second-order valence-corrected chi connectivity index (χ2v) is 5.52. The Kier molecular flexibility index (Phi) is 6.14. The quantitative estimate of drug-likeness (QED) is 0.765. The summed E-state index contributed by atoms with van der Waals surface area (Å²) in [7, 11) is 3.27. The molecule has 3 aromatic rings. The monoisotopic (exact) mass is 339 g/mol. The van der Waals surface area contributed by atoms with Crippen molar-refractivity contribution in [3.63, 3.8) is 0 Å². The van der Waals surface area contributed by atoms with Crippen molar-refractivity contribution in [3.8, 4) is 0 Å². The van der Waals surface area contributed by atoms with Crippen LogP contribution in [0.3, 0.4) is 0 Å². The molecule has 0 aliphatic heterocycles. The van der Waals surface area contributed by atoms with E-state index in [0.29, 0.717) is 11.5 Å². The lowest BCUT2D eigenvalue weighted by Gasteiger charge is -2.17. The van der Waals surface area contributed by atoms with Crippen molar-refractivity contribution in [3.05, 3.63) is 54.1 Å². The highest BCUT2D eigenvalue weighted by molar-refractivity contribution is 6.06. The summed E-state index contributed by atoms with van der Waals surface area (Å²) in [5.41, 5.74) is 13.7. The van der Waals surface area contributed by atoms with Crippen LogP contribution in [0.15, 0.2) is 48.5 Å². The molecular formula is C19H25N5O. The number of nitrogens with two attached hydrogens (primary N) is 2. The minimum atomic E-state index is -0.0501. The number of aromatic nitrogens is 2. The molecule has 1 aromatic heterocycles. The molecule has 6 heteroatoms. The fourth-order valence-electron chi connectivity index (χ4n) is 2.70. The number of aryl methyl sites for hydroxylation is 1. The van der Waals surface area contributed by atoms with Crippen molar-refractivity contribution < 1.29 is 4.79 Å². The van der Waals surface area contributed by atoms with Crippen LogP contribution in [0.5, 0.6) is 0 Å². The summed E-state index contributed by atoms with van der Waals surface area (Å²) < 4.78 is 2.00. The van der Waals surface area contributed by atoms with Gasteiger partial charge in [0.25, 0.3) is 5.91 Å². The van der Waals surface area contributed by atoms with E-state index >= 15 is 0 Å². The van der Waals surface area contributed by atoms with Crippen LogP contribution in [0.1, 0.15) is 23.7 Å². The van der Waals surface area contributed by atoms with Gasteiger partial charge < -0.3 is 20.9 Å². The molecule has 0 radical (unpaired) electrons. The molecule has 0 atom stereocenters. The molecule has 1 amide bonds. The average molecular weight is 339 g/mol. The summed E-state index contributed by atoms with van der Waals surface area (Å²) in [4.78, 5) is 18.6. The molecule has 132 valence electrons. The lowest BCUT2D eigenvalue weighted by atomic mass is 10.2. The molecule has 4 N–H and O–H groups in total. The van der Waals surface area contributed by atoms with Gasteiger partial charge in [-0.15, -0.1) is 0 Å². The highest BCUT2D eigenvalue weighted by Crippen LogP contribution is 2.24. The Morgan fingerprint density at radius 3 is 2.48 bits per heavy atom. The second-order valence-electron chi connectivity index (χ2n) is 5.52. The first-order chi connectivity index (χ1) is 12.1. The maximum Gasteiger partial charge on any atom is 0.258 e. The van der Waals surface area contributed by atoms with E-state index < -0.39 is 0 Å². The lowest BCUT2D eigenvalue weighted by Crippen LogP contribution is -2.26. The lowest BCUT2D eigenvalue weighted by molar-refractivity contribution is 0.0993. The van der Waals surface area contributed by atoms with Crippen molar-refractivity contribution in [1.29, 1.82) is 0 Å². The SMILES string of the molecule is CCCn1c(N)nc2cc(N(C)C(=O)c3ccccc3)ccc21.CN. The molecule has 0 unspecified atom stereocenters. The minimum absolute atomic E-state index is 0.0501. The first-order valence-corrected chi connectivity index (χ1v) is 8.28. The Morgan fingerprint density at radius 2 is 1.84 bits per heavy atom. The van der Waals surface area contributed by atoms with E-state index in [1.165, 1.54) is 7.05 Å². The van der Waals surface area contributed by atoms with Crippen LogP contribution in [0, 0.1) is 0 Å². The van der Waals surface area contributed by atoms with Crippen molar-refractivity contribution in [2.75, 3.05) is 24.7 Å². The van der Waals surface area contributed by atoms with Gasteiger partial charge in [0, 0.05) is 24.8 Å². The second kappa shape index (κ2) is 8.30.